The lowest BCUT2D eigenvalue weighted by Crippen LogP contribution is -2.33. The molecule has 98 valence electrons. The third kappa shape index (κ3) is 2.83. The molecule has 1 aliphatic heterocycles. The van der Waals surface area contributed by atoms with Gasteiger partial charge in [-0.1, -0.05) is 54.1 Å². The SMILES string of the molecule is Clc1ccc([C@@H]2CCNC[C@H]2c2ccccc2)cc1. The molecule has 0 spiro atoms. The van der Waals surface area contributed by atoms with Gasteiger partial charge in [0.05, 0.1) is 0 Å². The lowest BCUT2D eigenvalue weighted by atomic mass is 9.77. The third-order valence-electron chi connectivity index (χ3n) is 4.01. The maximum absolute atomic E-state index is 5.99. The minimum atomic E-state index is 0.552. The molecule has 1 aliphatic rings. The van der Waals surface area contributed by atoms with Crippen molar-refractivity contribution in [2.45, 2.75) is 18.3 Å². The minimum Gasteiger partial charge on any atom is -0.316 e. The smallest absolute Gasteiger partial charge is 0.0406 e. The Balaban J connectivity index is 1.91. The summed E-state index contributed by atoms with van der Waals surface area (Å²) in [5.74, 6) is 1.14. The number of nitrogens with one attached hydrogen (secondary N) is 1. The van der Waals surface area contributed by atoms with Gasteiger partial charge in [-0.05, 0) is 42.1 Å². The highest BCUT2D eigenvalue weighted by atomic mass is 35.5. The number of piperidine rings is 1. The molecule has 3 rings (SSSR count). The molecule has 0 amide bonds. The van der Waals surface area contributed by atoms with E-state index in [2.05, 4.69) is 47.8 Å². The lowest BCUT2D eigenvalue weighted by Gasteiger charge is -2.33. The van der Waals surface area contributed by atoms with Crippen molar-refractivity contribution >= 4 is 11.6 Å². The number of hydrogen-bond donors (Lipinski definition) is 1. The van der Waals surface area contributed by atoms with Gasteiger partial charge in [0.1, 0.15) is 0 Å². The van der Waals surface area contributed by atoms with Crippen molar-refractivity contribution < 1.29 is 0 Å². The van der Waals surface area contributed by atoms with Crippen molar-refractivity contribution in [1.29, 1.82) is 0 Å². The highest BCUT2D eigenvalue weighted by Crippen LogP contribution is 2.37. The topological polar surface area (TPSA) is 12.0 Å². The average Bonchev–Trinajstić information content (AvgIpc) is 2.49. The summed E-state index contributed by atoms with van der Waals surface area (Å²) in [5, 5.41) is 4.33. The summed E-state index contributed by atoms with van der Waals surface area (Å²) in [4.78, 5) is 0. The number of rotatable bonds is 2. The van der Waals surface area contributed by atoms with Gasteiger partial charge in [-0.2, -0.15) is 0 Å². The molecular weight excluding hydrogens is 254 g/mol. The first kappa shape index (κ1) is 12.7. The van der Waals surface area contributed by atoms with Gasteiger partial charge in [0.25, 0.3) is 0 Å². The zero-order chi connectivity index (χ0) is 13.1. The molecule has 0 saturated carbocycles. The molecule has 2 aromatic rings. The summed E-state index contributed by atoms with van der Waals surface area (Å²) in [6, 6.07) is 19.2. The van der Waals surface area contributed by atoms with E-state index >= 15 is 0 Å². The molecule has 0 radical (unpaired) electrons. The fourth-order valence-corrected chi connectivity index (χ4v) is 3.14. The fourth-order valence-electron chi connectivity index (χ4n) is 3.02. The molecule has 1 N–H and O–H groups in total. The molecule has 1 fully saturated rings. The van der Waals surface area contributed by atoms with Crippen LogP contribution in [0.3, 0.4) is 0 Å². The average molecular weight is 272 g/mol. The molecule has 0 aromatic heterocycles. The zero-order valence-corrected chi connectivity index (χ0v) is 11.6. The normalized spacial score (nSPS) is 23.2. The first-order chi connectivity index (χ1) is 9.34. The molecule has 2 heteroatoms. The van der Waals surface area contributed by atoms with Gasteiger partial charge in [0.2, 0.25) is 0 Å². The van der Waals surface area contributed by atoms with E-state index in [4.69, 9.17) is 11.6 Å². The van der Waals surface area contributed by atoms with Crippen LogP contribution in [0, 0.1) is 0 Å². The van der Waals surface area contributed by atoms with Crippen LogP contribution < -0.4 is 5.32 Å². The van der Waals surface area contributed by atoms with E-state index in [1.54, 1.807) is 0 Å². The van der Waals surface area contributed by atoms with Crippen molar-refractivity contribution in [3.63, 3.8) is 0 Å². The maximum Gasteiger partial charge on any atom is 0.0406 e. The second-order valence-electron chi connectivity index (χ2n) is 5.17. The van der Waals surface area contributed by atoms with E-state index in [0.29, 0.717) is 11.8 Å². The van der Waals surface area contributed by atoms with Gasteiger partial charge in [-0.25, -0.2) is 0 Å². The molecule has 2 aromatic carbocycles. The van der Waals surface area contributed by atoms with Gasteiger partial charge >= 0.3 is 0 Å². The molecule has 1 nitrogen and oxygen atoms in total. The Labute approximate surface area is 119 Å². The Bertz CT molecular complexity index is 521. The van der Waals surface area contributed by atoms with Crippen molar-refractivity contribution in [1.82, 2.24) is 5.32 Å². The van der Waals surface area contributed by atoms with E-state index in [1.807, 2.05) is 12.1 Å². The summed E-state index contributed by atoms with van der Waals surface area (Å²) in [6.45, 7) is 2.15. The minimum absolute atomic E-state index is 0.552. The lowest BCUT2D eigenvalue weighted by molar-refractivity contribution is 0.404. The molecule has 0 aliphatic carbocycles. The standard InChI is InChI=1S/C17H18ClN/c18-15-8-6-14(7-9-15)16-10-11-19-12-17(16)13-4-2-1-3-5-13/h1-9,16-17,19H,10-12H2/t16-,17-/m0/s1. The Morgan fingerprint density at radius 1 is 0.842 bits per heavy atom. The van der Waals surface area contributed by atoms with Gasteiger partial charge in [-0.15, -0.1) is 0 Å². The van der Waals surface area contributed by atoms with Gasteiger partial charge in [-0.3, -0.25) is 0 Å². The Hall–Kier alpha value is -1.31. The summed E-state index contributed by atoms with van der Waals surface area (Å²) in [7, 11) is 0. The van der Waals surface area contributed by atoms with Crippen molar-refractivity contribution in [3.8, 4) is 0 Å². The van der Waals surface area contributed by atoms with Crippen LogP contribution in [0.15, 0.2) is 54.6 Å². The van der Waals surface area contributed by atoms with Crippen LogP contribution >= 0.6 is 11.6 Å². The molecule has 2 atom stereocenters. The van der Waals surface area contributed by atoms with Gasteiger partial charge in [0, 0.05) is 17.5 Å². The number of halogens is 1. The third-order valence-corrected chi connectivity index (χ3v) is 4.26. The van der Waals surface area contributed by atoms with Gasteiger partial charge < -0.3 is 5.32 Å². The van der Waals surface area contributed by atoms with E-state index in [1.165, 1.54) is 17.5 Å². The molecule has 1 heterocycles. The molecule has 19 heavy (non-hydrogen) atoms. The van der Waals surface area contributed by atoms with E-state index < -0.39 is 0 Å². The van der Waals surface area contributed by atoms with Crippen LogP contribution in [-0.4, -0.2) is 13.1 Å². The molecule has 0 unspecified atom stereocenters. The van der Waals surface area contributed by atoms with E-state index in [0.717, 1.165) is 18.1 Å². The second kappa shape index (κ2) is 5.77. The fraction of sp³-hybridized carbons (Fsp3) is 0.294. The van der Waals surface area contributed by atoms with Crippen molar-refractivity contribution in [3.05, 3.63) is 70.7 Å². The van der Waals surface area contributed by atoms with Crippen LogP contribution in [0.4, 0.5) is 0 Å². The predicted octanol–water partition coefficient (Wildman–Crippen LogP) is 4.20. The monoisotopic (exact) mass is 271 g/mol. The predicted molar refractivity (Wildman–Crippen MR) is 80.9 cm³/mol. The largest absolute Gasteiger partial charge is 0.316 e. The Kier molecular flexibility index (Phi) is 3.86. The van der Waals surface area contributed by atoms with Crippen LogP contribution in [0.1, 0.15) is 29.4 Å². The Morgan fingerprint density at radius 3 is 2.26 bits per heavy atom. The molecule has 0 bridgehead atoms. The first-order valence-electron chi connectivity index (χ1n) is 6.86. The van der Waals surface area contributed by atoms with Crippen molar-refractivity contribution in [2.75, 3.05) is 13.1 Å². The number of hydrogen-bond acceptors (Lipinski definition) is 1. The highest BCUT2D eigenvalue weighted by Gasteiger charge is 2.27. The van der Waals surface area contributed by atoms with Crippen LogP contribution in [0.5, 0.6) is 0 Å². The highest BCUT2D eigenvalue weighted by molar-refractivity contribution is 6.30. The molecular formula is C17H18ClN. The first-order valence-corrected chi connectivity index (χ1v) is 7.23. The van der Waals surface area contributed by atoms with Gasteiger partial charge in [0.15, 0.2) is 0 Å². The van der Waals surface area contributed by atoms with Crippen molar-refractivity contribution in [2.24, 2.45) is 0 Å². The summed E-state index contributed by atoms with van der Waals surface area (Å²) in [5.41, 5.74) is 2.83. The summed E-state index contributed by atoms with van der Waals surface area (Å²) < 4.78 is 0. The quantitative estimate of drug-likeness (QED) is 0.863. The summed E-state index contributed by atoms with van der Waals surface area (Å²) in [6.07, 6.45) is 1.18. The van der Waals surface area contributed by atoms with Crippen LogP contribution in [0.2, 0.25) is 5.02 Å². The zero-order valence-electron chi connectivity index (χ0n) is 10.9. The second-order valence-corrected chi connectivity index (χ2v) is 5.60. The Morgan fingerprint density at radius 2 is 1.53 bits per heavy atom. The summed E-state index contributed by atoms with van der Waals surface area (Å²) >= 11 is 5.99. The van der Waals surface area contributed by atoms with Crippen LogP contribution in [0.25, 0.3) is 0 Å². The van der Waals surface area contributed by atoms with Crippen LogP contribution in [-0.2, 0) is 0 Å². The molecule has 1 saturated heterocycles. The van der Waals surface area contributed by atoms with E-state index in [-0.39, 0.29) is 0 Å². The number of benzene rings is 2. The maximum atomic E-state index is 5.99. The van der Waals surface area contributed by atoms with E-state index in [9.17, 15) is 0 Å².